The first-order valence-electron chi connectivity index (χ1n) is 5.88. The Morgan fingerprint density at radius 2 is 2.26 bits per heavy atom. The van der Waals surface area contributed by atoms with Gasteiger partial charge in [0.15, 0.2) is 0 Å². The third kappa shape index (κ3) is 4.93. The largest absolute Gasteiger partial charge is 0.478 e. The van der Waals surface area contributed by atoms with Crippen LogP contribution in [0.15, 0.2) is 24.3 Å². The van der Waals surface area contributed by atoms with Crippen LogP contribution in [0, 0.1) is 0 Å². The number of benzene rings is 1. The quantitative estimate of drug-likeness (QED) is 0.816. The predicted molar refractivity (Wildman–Crippen MR) is 77.9 cm³/mol. The van der Waals surface area contributed by atoms with Gasteiger partial charge >= 0.3 is 5.97 Å². The Bertz CT molecular complexity index is 474. The van der Waals surface area contributed by atoms with Crippen LogP contribution in [-0.4, -0.2) is 37.9 Å². The number of rotatable bonds is 6. The van der Waals surface area contributed by atoms with E-state index in [1.807, 2.05) is 24.9 Å². The Kier molecular flexibility index (Phi) is 5.86. The van der Waals surface area contributed by atoms with E-state index in [2.05, 4.69) is 0 Å². The number of nitrogens with zero attached hydrogens (tertiary/aromatic N) is 1. The van der Waals surface area contributed by atoms with Crippen molar-refractivity contribution in [3.63, 3.8) is 0 Å². The van der Waals surface area contributed by atoms with Crippen molar-refractivity contribution in [2.45, 2.75) is 13.0 Å². The van der Waals surface area contributed by atoms with Gasteiger partial charge in [0.05, 0.1) is 6.10 Å². The summed E-state index contributed by atoms with van der Waals surface area (Å²) in [6.07, 6.45) is 2.74. The Balaban J connectivity index is 3.02. The lowest BCUT2D eigenvalue weighted by atomic mass is 10.1. The molecule has 5 heteroatoms. The maximum Gasteiger partial charge on any atom is 0.328 e. The molecule has 0 bridgehead atoms. The Hall–Kier alpha value is -1.52. The number of carboxylic acids is 1. The van der Waals surface area contributed by atoms with E-state index in [4.69, 9.17) is 21.4 Å². The van der Waals surface area contributed by atoms with Crippen molar-refractivity contribution >= 4 is 29.3 Å². The molecule has 4 nitrogen and oxygen atoms in total. The van der Waals surface area contributed by atoms with Crippen LogP contribution in [0.5, 0.6) is 0 Å². The highest BCUT2D eigenvalue weighted by Gasteiger charge is 2.10. The summed E-state index contributed by atoms with van der Waals surface area (Å²) in [6.45, 7) is 2.65. The zero-order chi connectivity index (χ0) is 14.4. The molecule has 0 fully saturated rings. The van der Waals surface area contributed by atoms with Crippen LogP contribution in [0.3, 0.4) is 0 Å². The molecule has 0 aliphatic rings. The molecule has 0 amide bonds. The number of hydrogen-bond acceptors (Lipinski definition) is 3. The number of methoxy groups -OCH3 is 1. The second kappa shape index (κ2) is 7.16. The lowest BCUT2D eigenvalue weighted by molar-refractivity contribution is -0.131. The molecule has 1 aromatic rings. The molecule has 1 rings (SSSR count). The Morgan fingerprint density at radius 1 is 1.58 bits per heavy atom. The SMILES string of the molecule is COC(C)CN(C)c1cc(Cl)ccc1/C=C/C(=O)O. The van der Waals surface area contributed by atoms with Gasteiger partial charge in [0, 0.05) is 37.5 Å². The van der Waals surface area contributed by atoms with E-state index in [1.54, 1.807) is 25.3 Å². The number of aliphatic carboxylic acids is 1. The fourth-order valence-electron chi connectivity index (χ4n) is 1.71. The Morgan fingerprint density at radius 3 is 2.84 bits per heavy atom. The molecule has 0 saturated heterocycles. The zero-order valence-electron chi connectivity index (χ0n) is 11.3. The molecular formula is C14H18ClNO3. The van der Waals surface area contributed by atoms with Crippen LogP contribution < -0.4 is 4.90 Å². The summed E-state index contributed by atoms with van der Waals surface area (Å²) in [5.74, 6) is -0.978. The zero-order valence-corrected chi connectivity index (χ0v) is 12.0. The molecule has 1 unspecified atom stereocenters. The number of halogens is 1. The van der Waals surface area contributed by atoms with Crippen LogP contribution in [0.25, 0.3) is 6.08 Å². The fourth-order valence-corrected chi connectivity index (χ4v) is 1.87. The molecule has 0 spiro atoms. The fraction of sp³-hybridized carbons (Fsp3) is 0.357. The number of ether oxygens (including phenoxy) is 1. The maximum absolute atomic E-state index is 10.6. The number of carbonyl (C=O) groups is 1. The second-order valence-corrected chi connectivity index (χ2v) is 4.74. The van der Waals surface area contributed by atoms with E-state index < -0.39 is 5.97 Å². The van der Waals surface area contributed by atoms with Crippen LogP contribution in [-0.2, 0) is 9.53 Å². The van der Waals surface area contributed by atoms with Gasteiger partial charge in [-0.25, -0.2) is 4.79 Å². The Labute approximate surface area is 118 Å². The highest BCUT2D eigenvalue weighted by Crippen LogP contribution is 2.25. The highest BCUT2D eigenvalue weighted by atomic mass is 35.5. The summed E-state index contributed by atoms with van der Waals surface area (Å²) in [6, 6.07) is 5.34. The smallest absolute Gasteiger partial charge is 0.328 e. The number of hydrogen-bond donors (Lipinski definition) is 1. The molecule has 1 N–H and O–H groups in total. The van der Waals surface area contributed by atoms with E-state index in [-0.39, 0.29) is 6.10 Å². The summed E-state index contributed by atoms with van der Waals surface area (Å²) in [5.41, 5.74) is 1.67. The maximum atomic E-state index is 10.6. The highest BCUT2D eigenvalue weighted by molar-refractivity contribution is 6.31. The van der Waals surface area contributed by atoms with Crippen molar-refractivity contribution < 1.29 is 14.6 Å². The summed E-state index contributed by atoms with van der Waals surface area (Å²) >= 11 is 6.00. The lowest BCUT2D eigenvalue weighted by Gasteiger charge is -2.24. The summed E-state index contributed by atoms with van der Waals surface area (Å²) in [7, 11) is 3.57. The summed E-state index contributed by atoms with van der Waals surface area (Å²) in [4.78, 5) is 12.6. The van der Waals surface area contributed by atoms with Crippen molar-refractivity contribution in [1.29, 1.82) is 0 Å². The molecule has 0 aliphatic carbocycles. The number of carboxylic acid groups (broad SMARTS) is 1. The lowest BCUT2D eigenvalue weighted by Crippen LogP contribution is -2.28. The van der Waals surface area contributed by atoms with Gasteiger partial charge in [-0.15, -0.1) is 0 Å². The molecule has 0 saturated carbocycles. The van der Waals surface area contributed by atoms with Crippen LogP contribution >= 0.6 is 11.6 Å². The minimum atomic E-state index is -0.978. The molecular weight excluding hydrogens is 266 g/mol. The van der Waals surface area contributed by atoms with Gasteiger partial charge in [-0.05, 0) is 30.7 Å². The molecule has 0 aliphatic heterocycles. The minimum Gasteiger partial charge on any atom is -0.478 e. The molecule has 0 aromatic heterocycles. The molecule has 0 radical (unpaired) electrons. The van der Waals surface area contributed by atoms with Gasteiger partial charge < -0.3 is 14.7 Å². The van der Waals surface area contributed by atoms with Crippen molar-refractivity contribution in [3.8, 4) is 0 Å². The second-order valence-electron chi connectivity index (χ2n) is 4.30. The summed E-state index contributed by atoms with van der Waals surface area (Å²) in [5, 5.41) is 9.31. The van der Waals surface area contributed by atoms with E-state index in [1.165, 1.54) is 0 Å². The molecule has 0 heterocycles. The van der Waals surface area contributed by atoms with Crippen molar-refractivity contribution in [2.24, 2.45) is 0 Å². The first-order chi connectivity index (χ1) is 8.93. The molecule has 1 aromatic carbocycles. The van der Waals surface area contributed by atoms with Gasteiger partial charge in [0.2, 0.25) is 0 Å². The monoisotopic (exact) mass is 283 g/mol. The molecule has 19 heavy (non-hydrogen) atoms. The summed E-state index contributed by atoms with van der Waals surface area (Å²) < 4.78 is 5.22. The van der Waals surface area contributed by atoms with Gasteiger partial charge in [-0.3, -0.25) is 0 Å². The molecule has 1 atom stereocenters. The number of anilines is 1. The van der Waals surface area contributed by atoms with Gasteiger partial charge in [0.25, 0.3) is 0 Å². The van der Waals surface area contributed by atoms with Crippen molar-refractivity contribution in [1.82, 2.24) is 0 Å². The van der Waals surface area contributed by atoms with Crippen LogP contribution in [0.2, 0.25) is 5.02 Å². The van der Waals surface area contributed by atoms with Crippen molar-refractivity contribution in [2.75, 3.05) is 25.6 Å². The average Bonchev–Trinajstić information content (AvgIpc) is 2.36. The van der Waals surface area contributed by atoms with Crippen LogP contribution in [0.1, 0.15) is 12.5 Å². The van der Waals surface area contributed by atoms with Gasteiger partial charge in [-0.1, -0.05) is 17.7 Å². The van der Waals surface area contributed by atoms with Gasteiger partial charge in [-0.2, -0.15) is 0 Å². The third-order valence-corrected chi connectivity index (χ3v) is 2.98. The number of likely N-dealkylation sites (N-methyl/N-ethyl adjacent to an activating group) is 1. The van der Waals surface area contributed by atoms with Crippen molar-refractivity contribution in [3.05, 3.63) is 34.9 Å². The van der Waals surface area contributed by atoms with Crippen LogP contribution in [0.4, 0.5) is 5.69 Å². The predicted octanol–water partition coefficient (Wildman–Crippen LogP) is 2.91. The third-order valence-electron chi connectivity index (χ3n) is 2.74. The van der Waals surface area contributed by atoms with E-state index in [9.17, 15) is 4.79 Å². The minimum absolute atomic E-state index is 0.0697. The topological polar surface area (TPSA) is 49.8 Å². The van der Waals surface area contributed by atoms with Gasteiger partial charge in [0.1, 0.15) is 0 Å². The first-order valence-corrected chi connectivity index (χ1v) is 6.26. The van der Waals surface area contributed by atoms with E-state index in [0.29, 0.717) is 11.6 Å². The molecule has 104 valence electrons. The first kappa shape index (κ1) is 15.5. The average molecular weight is 284 g/mol. The van der Waals surface area contributed by atoms with E-state index >= 15 is 0 Å². The van der Waals surface area contributed by atoms with E-state index in [0.717, 1.165) is 17.3 Å². The normalized spacial score (nSPS) is 12.6. The standard InChI is InChI=1S/C14H18ClNO3/c1-10(19-3)9-16(2)13-8-12(15)6-4-11(13)5-7-14(17)18/h4-8,10H,9H2,1-3H3,(H,17,18)/b7-5+.